The number of carbonyl (C=O) groups excluding carboxylic acids is 2. The van der Waals surface area contributed by atoms with Gasteiger partial charge in [-0.2, -0.15) is 5.10 Å². The number of carbonyl (C=O) groups is 2. The summed E-state index contributed by atoms with van der Waals surface area (Å²) in [5, 5.41) is 5.13. The van der Waals surface area contributed by atoms with E-state index >= 15 is 0 Å². The molecule has 0 saturated carbocycles. The van der Waals surface area contributed by atoms with E-state index in [1.54, 1.807) is 61.5 Å². The van der Waals surface area contributed by atoms with Gasteiger partial charge in [0.15, 0.2) is 6.10 Å². The first kappa shape index (κ1) is 23.6. The molecule has 3 aromatic rings. The summed E-state index contributed by atoms with van der Waals surface area (Å²) >= 11 is 17.8. The van der Waals surface area contributed by atoms with Crippen LogP contribution < -0.4 is 14.9 Å². The highest BCUT2D eigenvalue weighted by molar-refractivity contribution is 6.35. The second-order valence-corrected chi connectivity index (χ2v) is 7.82. The van der Waals surface area contributed by atoms with E-state index in [-0.39, 0.29) is 0 Å². The lowest BCUT2D eigenvalue weighted by Crippen LogP contribution is -2.33. The van der Waals surface area contributed by atoms with Crippen molar-refractivity contribution in [3.05, 3.63) is 92.9 Å². The zero-order valence-electron chi connectivity index (χ0n) is 16.7. The summed E-state index contributed by atoms with van der Waals surface area (Å²) < 4.78 is 10.8. The van der Waals surface area contributed by atoms with Crippen molar-refractivity contribution in [2.45, 2.75) is 13.0 Å². The minimum atomic E-state index is -0.834. The second kappa shape index (κ2) is 11.0. The standard InChI is InChI=1S/C23H17Cl3N2O4/c1-14(31-21-10-7-18(25)12-20(21)26)22(29)28-27-13-15-5-8-19(9-6-15)32-23(30)16-3-2-4-17(24)11-16/h2-14H,1H3,(H,28,29)/b27-13-/t14-/m1/s1. The van der Waals surface area contributed by atoms with Gasteiger partial charge in [-0.1, -0.05) is 40.9 Å². The van der Waals surface area contributed by atoms with Crippen molar-refractivity contribution in [3.8, 4) is 11.5 Å². The summed E-state index contributed by atoms with van der Waals surface area (Å²) in [4.78, 5) is 24.3. The van der Waals surface area contributed by atoms with Crippen molar-refractivity contribution >= 4 is 52.9 Å². The first-order valence-electron chi connectivity index (χ1n) is 9.34. The molecule has 3 aromatic carbocycles. The van der Waals surface area contributed by atoms with E-state index in [1.165, 1.54) is 18.3 Å². The summed E-state index contributed by atoms with van der Waals surface area (Å²) in [6.07, 6.45) is 0.613. The van der Waals surface area contributed by atoms with Gasteiger partial charge in [0, 0.05) is 10.0 Å². The van der Waals surface area contributed by atoms with Crippen LogP contribution >= 0.6 is 34.8 Å². The molecule has 0 aliphatic rings. The molecule has 6 nitrogen and oxygen atoms in total. The molecule has 0 spiro atoms. The SMILES string of the molecule is C[C@@H](Oc1ccc(Cl)cc1Cl)C(=O)N/N=C\c1ccc(OC(=O)c2cccc(Cl)c2)cc1. The zero-order chi connectivity index (χ0) is 23.1. The number of amides is 1. The van der Waals surface area contributed by atoms with Crippen LogP contribution in [0.4, 0.5) is 0 Å². The topological polar surface area (TPSA) is 77.0 Å². The maximum absolute atomic E-state index is 12.2. The third kappa shape index (κ3) is 6.72. The predicted octanol–water partition coefficient (Wildman–Crippen LogP) is 5.78. The fourth-order valence-electron chi connectivity index (χ4n) is 2.48. The lowest BCUT2D eigenvalue weighted by Gasteiger charge is -2.14. The number of rotatable bonds is 7. The van der Waals surface area contributed by atoms with E-state index in [0.29, 0.717) is 37.7 Å². The van der Waals surface area contributed by atoms with Crippen molar-refractivity contribution in [1.82, 2.24) is 5.43 Å². The molecular weight excluding hydrogens is 475 g/mol. The minimum absolute atomic E-state index is 0.303. The summed E-state index contributed by atoms with van der Waals surface area (Å²) in [7, 11) is 0. The summed E-state index contributed by atoms with van der Waals surface area (Å²) in [6.45, 7) is 1.57. The van der Waals surface area contributed by atoms with Gasteiger partial charge in [-0.15, -0.1) is 0 Å². The molecule has 0 aliphatic carbocycles. The Balaban J connectivity index is 1.51. The molecule has 164 valence electrons. The first-order chi connectivity index (χ1) is 15.3. The quantitative estimate of drug-likeness (QED) is 0.197. The molecule has 1 amide bonds. The van der Waals surface area contributed by atoms with Gasteiger partial charge in [-0.05, 0) is 73.2 Å². The molecule has 3 rings (SSSR count). The third-order valence-corrected chi connectivity index (χ3v) is 4.87. The molecule has 0 fully saturated rings. The van der Waals surface area contributed by atoms with Gasteiger partial charge in [0.1, 0.15) is 11.5 Å². The van der Waals surface area contributed by atoms with Gasteiger partial charge in [0.25, 0.3) is 5.91 Å². The van der Waals surface area contributed by atoms with Crippen LogP contribution in [0, 0.1) is 0 Å². The molecule has 0 heterocycles. The molecule has 9 heteroatoms. The number of hydrazone groups is 1. The molecule has 1 N–H and O–H groups in total. The highest BCUT2D eigenvalue weighted by Gasteiger charge is 2.15. The zero-order valence-corrected chi connectivity index (χ0v) is 19.0. The van der Waals surface area contributed by atoms with Crippen LogP contribution in [0.3, 0.4) is 0 Å². The number of nitrogens with one attached hydrogen (secondary N) is 1. The Morgan fingerprint density at radius 2 is 1.69 bits per heavy atom. The molecule has 0 aliphatic heterocycles. The molecule has 0 aromatic heterocycles. The van der Waals surface area contributed by atoms with Crippen molar-refractivity contribution in [1.29, 1.82) is 0 Å². The maximum atomic E-state index is 12.2. The van der Waals surface area contributed by atoms with Crippen LogP contribution in [0.2, 0.25) is 15.1 Å². The fourth-order valence-corrected chi connectivity index (χ4v) is 3.12. The van der Waals surface area contributed by atoms with Crippen molar-refractivity contribution in [2.24, 2.45) is 5.10 Å². The van der Waals surface area contributed by atoms with Crippen LogP contribution in [0.25, 0.3) is 0 Å². The van der Waals surface area contributed by atoms with E-state index in [0.717, 1.165) is 0 Å². The molecule has 0 radical (unpaired) electrons. The normalized spacial score (nSPS) is 11.8. The van der Waals surface area contributed by atoms with E-state index < -0.39 is 18.0 Å². The lowest BCUT2D eigenvalue weighted by atomic mass is 10.2. The summed E-state index contributed by atoms with van der Waals surface area (Å²) in [5.41, 5.74) is 3.43. The molecule has 0 unspecified atom stereocenters. The highest BCUT2D eigenvalue weighted by atomic mass is 35.5. The fraction of sp³-hybridized carbons (Fsp3) is 0.0870. The van der Waals surface area contributed by atoms with Crippen LogP contribution in [0.15, 0.2) is 71.8 Å². The Morgan fingerprint density at radius 3 is 2.38 bits per heavy atom. The van der Waals surface area contributed by atoms with E-state index in [9.17, 15) is 9.59 Å². The van der Waals surface area contributed by atoms with Crippen LogP contribution in [0.5, 0.6) is 11.5 Å². The predicted molar refractivity (Wildman–Crippen MR) is 125 cm³/mol. The van der Waals surface area contributed by atoms with Gasteiger partial charge in [0.05, 0.1) is 16.8 Å². The Morgan fingerprint density at radius 1 is 0.969 bits per heavy atom. The smallest absolute Gasteiger partial charge is 0.343 e. The van der Waals surface area contributed by atoms with Gasteiger partial charge in [0.2, 0.25) is 0 Å². The average molecular weight is 492 g/mol. The number of ether oxygens (including phenoxy) is 2. The second-order valence-electron chi connectivity index (χ2n) is 6.54. The average Bonchev–Trinajstić information content (AvgIpc) is 2.76. The monoisotopic (exact) mass is 490 g/mol. The maximum Gasteiger partial charge on any atom is 0.343 e. The van der Waals surface area contributed by atoms with Crippen molar-refractivity contribution in [2.75, 3.05) is 0 Å². The molecule has 1 atom stereocenters. The van der Waals surface area contributed by atoms with Crippen LogP contribution in [0.1, 0.15) is 22.8 Å². The Bertz CT molecular complexity index is 1150. The van der Waals surface area contributed by atoms with Crippen molar-refractivity contribution < 1.29 is 19.1 Å². The largest absolute Gasteiger partial charge is 0.479 e. The van der Waals surface area contributed by atoms with Crippen molar-refractivity contribution in [3.63, 3.8) is 0 Å². The molecular formula is C23H17Cl3N2O4. The highest BCUT2D eigenvalue weighted by Crippen LogP contribution is 2.28. The van der Waals surface area contributed by atoms with E-state index in [4.69, 9.17) is 44.3 Å². The number of hydrogen-bond acceptors (Lipinski definition) is 5. The number of hydrogen-bond donors (Lipinski definition) is 1. The first-order valence-corrected chi connectivity index (χ1v) is 10.5. The number of esters is 1. The third-order valence-electron chi connectivity index (χ3n) is 4.11. The van der Waals surface area contributed by atoms with E-state index in [1.807, 2.05) is 0 Å². The van der Waals surface area contributed by atoms with Gasteiger partial charge >= 0.3 is 5.97 Å². The molecule has 0 saturated heterocycles. The Hall–Kier alpha value is -3.06. The van der Waals surface area contributed by atoms with Gasteiger partial charge in [-0.25, -0.2) is 10.2 Å². The number of halogens is 3. The number of benzene rings is 3. The Labute approximate surface area is 199 Å². The van der Waals surface area contributed by atoms with Crippen LogP contribution in [-0.4, -0.2) is 24.2 Å². The van der Waals surface area contributed by atoms with Crippen LogP contribution in [-0.2, 0) is 4.79 Å². The number of nitrogens with zero attached hydrogens (tertiary/aromatic N) is 1. The lowest BCUT2D eigenvalue weighted by molar-refractivity contribution is -0.127. The van der Waals surface area contributed by atoms with Gasteiger partial charge < -0.3 is 9.47 Å². The molecule has 32 heavy (non-hydrogen) atoms. The minimum Gasteiger partial charge on any atom is -0.479 e. The summed E-state index contributed by atoms with van der Waals surface area (Å²) in [6, 6.07) is 17.8. The van der Waals surface area contributed by atoms with E-state index in [2.05, 4.69) is 10.5 Å². The Kier molecular flexibility index (Phi) is 8.11. The molecule has 0 bridgehead atoms. The summed E-state index contributed by atoms with van der Waals surface area (Å²) in [5.74, 6) is -0.279. The van der Waals surface area contributed by atoms with Gasteiger partial charge in [-0.3, -0.25) is 4.79 Å².